The van der Waals surface area contributed by atoms with Crippen LogP contribution in [0.15, 0.2) is 48.5 Å². The van der Waals surface area contributed by atoms with Crippen molar-refractivity contribution in [2.45, 2.75) is 0 Å². The lowest BCUT2D eigenvalue weighted by Crippen LogP contribution is -2.00. The second-order valence-corrected chi connectivity index (χ2v) is 4.29. The molecular formula is C13H10ClN3O4. The molecule has 0 amide bonds. The lowest BCUT2D eigenvalue weighted by atomic mass is 10.2. The molecule has 7 nitrogen and oxygen atoms in total. The van der Waals surface area contributed by atoms with Gasteiger partial charge in [-0.3, -0.25) is 4.89 Å². The molecule has 3 rings (SSSR count). The third-order valence-electron chi connectivity index (χ3n) is 2.48. The number of halogens is 1. The summed E-state index contributed by atoms with van der Waals surface area (Å²) in [4.78, 5) is 14.9. The fraction of sp³-hybridized carbons (Fsp3) is 0. The molecule has 0 atom stereocenters. The molecule has 1 heterocycles. The van der Waals surface area contributed by atoms with Crippen LogP contribution in [0.1, 0.15) is 10.4 Å². The van der Waals surface area contributed by atoms with E-state index in [1.807, 2.05) is 12.1 Å². The Labute approximate surface area is 123 Å². The molecule has 0 unspecified atom stereocenters. The van der Waals surface area contributed by atoms with E-state index in [1.54, 1.807) is 24.3 Å². The van der Waals surface area contributed by atoms with Crippen molar-refractivity contribution in [2.24, 2.45) is 0 Å². The molecule has 0 aliphatic heterocycles. The minimum Gasteiger partial charge on any atom is -0.410 e. The Bertz CT molecular complexity index is 760. The Kier molecular flexibility index (Phi) is 4.70. The monoisotopic (exact) mass is 307 g/mol. The molecule has 2 aromatic carbocycles. The largest absolute Gasteiger partial charge is 0.410 e. The van der Waals surface area contributed by atoms with Gasteiger partial charge in [0.25, 0.3) is 0 Å². The minimum atomic E-state index is -0.813. The highest BCUT2D eigenvalue weighted by Gasteiger charge is 2.05. The molecule has 8 heteroatoms. The van der Waals surface area contributed by atoms with Gasteiger partial charge in [-0.2, -0.15) is 5.26 Å². The number of carbonyl (C=O) groups excluding carboxylic acids is 1. The van der Waals surface area contributed by atoms with Gasteiger partial charge in [-0.25, -0.2) is 4.79 Å². The summed E-state index contributed by atoms with van der Waals surface area (Å²) in [7, 11) is 0. The number of aromatic nitrogens is 3. The van der Waals surface area contributed by atoms with E-state index in [4.69, 9.17) is 22.1 Å². The number of rotatable bonds is 1. The summed E-state index contributed by atoms with van der Waals surface area (Å²) < 4.78 is 0. The summed E-state index contributed by atoms with van der Waals surface area (Å²) >= 11 is 5.56. The van der Waals surface area contributed by atoms with Gasteiger partial charge in [0.2, 0.25) is 0 Å². The Morgan fingerprint density at radius 3 is 2.62 bits per heavy atom. The second-order valence-electron chi connectivity index (χ2n) is 3.86. The first-order valence-electron chi connectivity index (χ1n) is 5.73. The van der Waals surface area contributed by atoms with Gasteiger partial charge in [-0.15, -0.1) is 5.10 Å². The topological polar surface area (TPSA) is 97.5 Å². The molecule has 1 aromatic heterocycles. The van der Waals surface area contributed by atoms with Gasteiger partial charge in [0.1, 0.15) is 11.0 Å². The third kappa shape index (κ3) is 3.68. The average Bonchev–Trinajstić information content (AvgIpc) is 2.89. The van der Waals surface area contributed by atoms with Gasteiger partial charge in [0.15, 0.2) is 0 Å². The summed E-state index contributed by atoms with van der Waals surface area (Å²) in [6.45, 7) is 0. The minimum absolute atomic E-state index is 0.222. The first-order chi connectivity index (χ1) is 10.1. The lowest BCUT2D eigenvalue weighted by molar-refractivity contribution is -0.182. The molecule has 0 saturated carbocycles. The number of hydrogen-bond donors (Lipinski definition) is 2. The van der Waals surface area contributed by atoms with Crippen molar-refractivity contribution < 1.29 is 20.1 Å². The van der Waals surface area contributed by atoms with E-state index in [1.165, 1.54) is 12.1 Å². The van der Waals surface area contributed by atoms with Gasteiger partial charge in [0.05, 0.1) is 5.56 Å². The van der Waals surface area contributed by atoms with Gasteiger partial charge in [0, 0.05) is 5.02 Å². The molecule has 0 fully saturated rings. The molecule has 3 aromatic rings. The first kappa shape index (κ1) is 14.8. The highest BCUT2D eigenvalue weighted by atomic mass is 35.5. The third-order valence-corrected chi connectivity index (χ3v) is 2.71. The molecule has 108 valence electrons. The number of para-hydroxylation sites is 1. The summed E-state index contributed by atoms with van der Waals surface area (Å²) in [5, 5.41) is 24.5. The van der Waals surface area contributed by atoms with Crippen LogP contribution < -0.4 is 0 Å². The molecule has 0 spiro atoms. The van der Waals surface area contributed by atoms with Crippen molar-refractivity contribution in [1.29, 1.82) is 0 Å². The van der Waals surface area contributed by atoms with E-state index in [0.717, 1.165) is 4.85 Å². The quantitative estimate of drug-likeness (QED) is 0.407. The fourth-order valence-corrected chi connectivity index (χ4v) is 1.72. The molecule has 0 saturated heterocycles. The van der Waals surface area contributed by atoms with E-state index in [0.29, 0.717) is 16.1 Å². The number of fused-ring (bicyclic) bond motifs is 1. The van der Waals surface area contributed by atoms with Crippen molar-refractivity contribution in [3.05, 3.63) is 59.1 Å². The van der Waals surface area contributed by atoms with Crippen LogP contribution in [0.2, 0.25) is 5.02 Å². The van der Waals surface area contributed by atoms with Crippen LogP contribution in [0.3, 0.4) is 0 Å². The van der Waals surface area contributed by atoms with Crippen molar-refractivity contribution in [3.8, 4) is 0 Å². The highest BCUT2D eigenvalue weighted by molar-refractivity contribution is 6.30. The van der Waals surface area contributed by atoms with E-state index in [2.05, 4.69) is 15.2 Å². The lowest BCUT2D eigenvalue weighted by Gasteiger charge is -1.95. The summed E-state index contributed by atoms with van der Waals surface area (Å²) in [5.41, 5.74) is 1.55. The maximum atomic E-state index is 10.6. The summed E-state index contributed by atoms with van der Waals surface area (Å²) in [5.74, 6) is -0.813. The Hall–Kier alpha value is -2.64. The maximum absolute atomic E-state index is 10.6. The predicted octanol–water partition coefficient (Wildman–Crippen LogP) is 2.64. The molecule has 2 N–H and O–H groups in total. The predicted molar refractivity (Wildman–Crippen MR) is 74.2 cm³/mol. The number of carbonyl (C=O) groups is 1. The number of hydrogen-bond acceptors (Lipinski definition) is 6. The molecule has 21 heavy (non-hydrogen) atoms. The van der Waals surface area contributed by atoms with Crippen LogP contribution in [0.5, 0.6) is 0 Å². The Morgan fingerprint density at radius 1 is 1.19 bits per heavy atom. The van der Waals surface area contributed by atoms with Crippen LogP contribution >= 0.6 is 11.6 Å². The van der Waals surface area contributed by atoms with Crippen LogP contribution in [0.4, 0.5) is 0 Å². The van der Waals surface area contributed by atoms with Crippen LogP contribution in [-0.2, 0) is 4.89 Å². The van der Waals surface area contributed by atoms with Crippen LogP contribution in [0, 0.1) is 0 Å². The molecule has 0 aliphatic carbocycles. The fourth-order valence-electron chi connectivity index (χ4n) is 1.52. The van der Waals surface area contributed by atoms with E-state index >= 15 is 0 Å². The molecule has 0 aliphatic rings. The van der Waals surface area contributed by atoms with Crippen molar-refractivity contribution in [3.63, 3.8) is 0 Å². The van der Waals surface area contributed by atoms with Crippen molar-refractivity contribution in [2.75, 3.05) is 0 Å². The first-order valence-corrected chi connectivity index (χ1v) is 6.10. The van der Waals surface area contributed by atoms with Crippen LogP contribution in [0.25, 0.3) is 11.0 Å². The van der Waals surface area contributed by atoms with Gasteiger partial charge in [-0.05, 0) is 35.5 Å². The number of benzene rings is 2. The maximum Gasteiger partial charge on any atom is 0.372 e. The summed E-state index contributed by atoms with van der Waals surface area (Å²) in [6.07, 6.45) is 0. The summed E-state index contributed by atoms with van der Waals surface area (Å²) in [6, 6.07) is 13.3. The SMILES string of the molecule is O=C(OO)c1cccc(Cl)c1.On1nnc2ccccc21. The van der Waals surface area contributed by atoms with E-state index in [-0.39, 0.29) is 5.56 Å². The molecule has 0 bridgehead atoms. The normalized spacial score (nSPS) is 9.81. The van der Waals surface area contributed by atoms with Crippen molar-refractivity contribution in [1.82, 2.24) is 15.2 Å². The zero-order valence-electron chi connectivity index (χ0n) is 10.5. The van der Waals surface area contributed by atoms with Crippen LogP contribution in [-0.4, -0.2) is 31.6 Å². The van der Waals surface area contributed by atoms with E-state index in [9.17, 15) is 4.79 Å². The van der Waals surface area contributed by atoms with Gasteiger partial charge >= 0.3 is 5.97 Å². The molecular weight excluding hydrogens is 298 g/mol. The van der Waals surface area contributed by atoms with Crippen molar-refractivity contribution >= 4 is 28.6 Å². The Morgan fingerprint density at radius 2 is 1.95 bits per heavy atom. The zero-order chi connectivity index (χ0) is 15.2. The molecule has 0 radical (unpaired) electrons. The highest BCUT2D eigenvalue weighted by Crippen LogP contribution is 2.10. The standard InChI is InChI=1S/C7H5ClO3.C6H5N3O/c8-6-3-1-2-5(4-6)7(9)11-10;10-9-6-4-2-1-3-5(6)7-8-9/h1-4,10H;1-4,10H. The second kappa shape index (κ2) is 6.69. The van der Waals surface area contributed by atoms with E-state index < -0.39 is 5.97 Å². The average molecular weight is 308 g/mol. The zero-order valence-corrected chi connectivity index (χ0v) is 11.3. The Balaban J connectivity index is 0.000000154. The van der Waals surface area contributed by atoms with Gasteiger partial charge in [-0.1, -0.05) is 34.6 Å². The number of nitrogens with zero attached hydrogens (tertiary/aromatic N) is 3. The smallest absolute Gasteiger partial charge is 0.372 e. The van der Waals surface area contributed by atoms with Gasteiger partial charge < -0.3 is 5.21 Å².